The lowest BCUT2D eigenvalue weighted by Gasteiger charge is -2.26. The summed E-state index contributed by atoms with van der Waals surface area (Å²) in [7, 11) is 0. The number of nitrogens with zero attached hydrogens (tertiary/aromatic N) is 1. The van der Waals surface area contributed by atoms with Crippen molar-refractivity contribution in [3.8, 4) is 0 Å². The molecule has 1 aromatic carbocycles. The minimum absolute atomic E-state index is 0.132. The van der Waals surface area contributed by atoms with E-state index in [1.807, 2.05) is 13.0 Å². The summed E-state index contributed by atoms with van der Waals surface area (Å²) in [6.07, 6.45) is 4.26. The van der Waals surface area contributed by atoms with Gasteiger partial charge in [-0.1, -0.05) is 23.7 Å². The van der Waals surface area contributed by atoms with Gasteiger partial charge in [-0.15, -0.1) is 0 Å². The van der Waals surface area contributed by atoms with Crippen molar-refractivity contribution in [2.75, 3.05) is 26.2 Å². The number of hydrogen-bond donors (Lipinski definition) is 0. The molecule has 1 aliphatic heterocycles. The lowest BCUT2D eigenvalue weighted by molar-refractivity contribution is -0.143. The van der Waals surface area contributed by atoms with Gasteiger partial charge in [0.2, 0.25) is 0 Å². The molecule has 0 aliphatic carbocycles. The Morgan fingerprint density at radius 2 is 2.27 bits per heavy atom. The lowest BCUT2D eigenvalue weighted by atomic mass is 9.99. The molecule has 120 valence electrons. The maximum Gasteiger partial charge on any atom is 0.305 e. The maximum absolute atomic E-state index is 13.5. The monoisotopic (exact) mass is 325 g/mol. The van der Waals surface area contributed by atoms with E-state index >= 15 is 0 Å². The first-order valence-corrected chi connectivity index (χ1v) is 8.00. The smallest absolute Gasteiger partial charge is 0.305 e. The number of hydrogen-bond acceptors (Lipinski definition) is 3. The van der Waals surface area contributed by atoms with Gasteiger partial charge in [0.15, 0.2) is 0 Å². The van der Waals surface area contributed by atoms with E-state index in [-0.39, 0.29) is 16.8 Å². The van der Waals surface area contributed by atoms with Crippen molar-refractivity contribution in [2.24, 2.45) is 0 Å². The highest BCUT2D eigenvalue weighted by atomic mass is 35.5. The lowest BCUT2D eigenvalue weighted by Crippen LogP contribution is -2.29. The fraction of sp³-hybridized carbons (Fsp3) is 0.471. The third-order valence-electron chi connectivity index (χ3n) is 3.74. The molecule has 0 spiro atoms. The summed E-state index contributed by atoms with van der Waals surface area (Å²) < 4.78 is 18.4. The number of carbonyl (C=O) groups is 1. The van der Waals surface area contributed by atoms with Crippen LogP contribution in [0.15, 0.2) is 24.3 Å². The van der Waals surface area contributed by atoms with E-state index in [9.17, 15) is 9.18 Å². The van der Waals surface area contributed by atoms with Gasteiger partial charge in [-0.05, 0) is 49.6 Å². The predicted molar refractivity (Wildman–Crippen MR) is 86.3 cm³/mol. The molecule has 0 unspecified atom stereocenters. The largest absolute Gasteiger partial charge is 0.466 e. The fourth-order valence-electron chi connectivity index (χ4n) is 2.55. The number of rotatable bonds is 6. The zero-order chi connectivity index (χ0) is 15.9. The Morgan fingerprint density at radius 1 is 1.45 bits per heavy atom. The molecule has 0 fully saturated rings. The Morgan fingerprint density at radius 3 is 2.91 bits per heavy atom. The van der Waals surface area contributed by atoms with Crippen LogP contribution in [0.5, 0.6) is 0 Å². The SMILES string of the molecule is CCOC(=O)CCCN1CC=C(c2ccc(Cl)c(F)c2)CC1. The van der Waals surface area contributed by atoms with Crippen molar-refractivity contribution >= 4 is 23.1 Å². The number of ether oxygens (including phenoxy) is 1. The predicted octanol–water partition coefficient (Wildman–Crippen LogP) is 3.91. The standard InChI is InChI=1S/C17H21ClFNO2/c1-2-22-17(21)4-3-9-20-10-7-13(8-11-20)14-5-6-15(18)16(19)12-14/h5-7,12H,2-4,8-11H2,1H3. The Balaban J connectivity index is 1.82. The summed E-state index contributed by atoms with van der Waals surface area (Å²) in [6.45, 7) is 4.86. The van der Waals surface area contributed by atoms with Crippen LogP contribution >= 0.6 is 11.6 Å². The highest BCUT2D eigenvalue weighted by Gasteiger charge is 2.14. The van der Waals surface area contributed by atoms with Crippen molar-refractivity contribution < 1.29 is 13.9 Å². The van der Waals surface area contributed by atoms with Gasteiger partial charge in [0.1, 0.15) is 5.82 Å². The molecule has 5 heteroatoms. The molecule has 2 rings (SSSR count). The average molecular weight is 326 g/mol. The summed E-state index contributed by atoms with van der Waals surface area (Å²) in [6, 6.07) is 4.94. The summed E-state index contributed by atoms with van der Waals surface area (Å²) >= 11 is 5.71. The molecule has 0 radical (unpaired) electrons. The van der Waals surface area contributed by atoms with Crippen molar-refractivity contribution in [1.29, 1.82) is 0 Å². The highest BCUT2D eigenvalue weighted by molar-refractivity contribution is 6.30. The van der Waals surface area contributed by atoms with Crippen LogP contribution in [0.4, 0.5) is 4.39 Å². The molecular weight excluding hydrogens is 305 g/mol. The van der Waals surface area contributed by atoms with Gasteiger partial charge < -0.3 is 4.74 Å². The van der Waals surface area contributed by atoms with Crippen LogP contribution in [0.1, 0.15) is 31.7 Å². The Bertz CT molecular complexity index is 560. The first-order chi connectivity index (χ1) is 10.6. The minimum atomic E-state index is -0.378. The molecule has 3 nitrogen and oxygen atoms in total. The molecule has 1 aromatic rings. The zero-order valence-electron chi connectivity index (χ0n) is 12.8. The molecule has 1 heterocycles. The number of carbonyl (C=O) groups excluding carboxylic acids is 1. The van der Waals surface area contributed by atoms with Crippen LogP contribution < -0.4 is 0 Å². The second kappa shape index (κ2) is 8.30. The van der Waals surface area contributed by atoms with Gasteiger partial charge in [-0.25, -0.2) is 4.39 Å². The molecule has 0 atom stereocenters. The van der Waals surface area contributed by atoms with Crippen LogP contribution in [0.25, 0.3) is 5.57 Å². The van der Waals surface area contributed by atoms with Gasteiger partial charge in [0, 0.05) is 19.5 Å². The van der Waals surface area contributed by atoms with Crippen molar-refractivity contribution in [3.63, 3.8) is 0 Å². The third-order valence-corrected chi connectivity index (χ3v) is 4.05. The quantitative estimate of drug-likeness (QED) is 0.743. The second-order valence-electron chi connectivity index (χ2n) is 5.32. The van der Waals surface area contributed by atoms with Crippen LogP contribution in [-0.2, 0) is 9.53 Å². The topological polar surface area (TPSA) is 29.5 Å². The Hall–Kier alpha value is -1.39. The normalized spacial score (nSPS) is 15.5. The van der Waals surface area contributed by atoms with E-state index in [1.165, 1.54) is 6.07 Å². The van der Waals surface area contributed by atoms with Gasteiger partial charge in [0.25, 0.3) is 0 Å². The van der Waals surface area contributed by atoms with Crippen LogP contribution in [-0.4, -0.2) is 37.1 Å². The zero-order valence-corrected chi connectivity index (χ0v) is 13.5. The van der Waals surface area contributed by atoms with Crippen molar-refractivity contribution in [2.45, 2.75) is 26.2 Å². The van der Waals surface area contributed by atoms with E-state index in [4.69, 9.17) is 16.3 Å². The molecule has 0 saturated carbocycles. The number of esters is 1. The maximum atomic E-state index is 13.5. The van der Waals surface area contributed by atoms with Crippen LogP contribution in [0.3, 0.4) is 0 Å². The third kappa shape index (κ3) is 4.82. The van der Waals surface area contributed by atoms with Crippen molar-refractivity contribution in [1.82, 2.24) is 4.90 Å². The molecule has 0 amide bonds. The Kier molecular flexibility index (Phi) is 6.40. The van der Waals surface area contributed by atoms with Crippen LogP contribution in [0, 0.1) is 5.82 Å². The first-order valence-electron chi connectivity index (χ1n) is 7.62. The van der Waals surface area contributed by atoms with Gasteiger partial charge in [-0.3, -0.25) is 9.69 Å². The Labute approximate surface area is 135 Å². The van der Waals surface area contributed by atoms with Crippen LogP contribution in [0.2, 0.25) is 5.02 Å². The van der Waals surface area contributed by atoms with E-state index in [0.29, 0.717) is 13.0 Å². The summed E-state index contributed by atoms with van der Waals surface area (Å²) in [5.41, 5.74) is 2.05. The van der Waals surface area contributed by atoms with Gasteiger partial charge in [-0.2, -0.15) is 0 Å². The summed E-state index contributed by atoms with van der Waals surface area (Å²) in [4.78, 5) is 13.6. The fourth-order valence-corrected chi connectivity index (χ4v) is 2.67. The average Bonchev–Trinajstić information content (AvgIpc) is 2.51. The molecule has 0 N–H and O–H groups in total. The van der Waals surface area contributed by atoms with E-state index in [0.717, 1.165) is 43.6 Å². The molecule has 1 aliphatic rings. The van der Waals surface area contributed by atoms with Gasteiger partial charge >= 0.3 is 5.97 Å². The summed E-state index contributed by atoms with van der Waals surface area (Å²) in [5.74, 6) is -0.510. The molecule has 22 heavy (non-hydrogen) atoms. The van der Waals surface area contributed by atoms with E-state index in [2.05, 4.69) is 11.0 Å². The molecule has 0 saturated heterocycles. The van der Waals surface area contributed by atoms with E-state index < -0.39 is 0 Å². The van der Waals surface area contributed by atoms with E-state index in [1.54, 1.807) is 6.07 Å². The molecule has 0 aromatic heterocycles. The first kappa shape index (κ1) is 17.0. The number of halogens is 2. The minimum Gasteiger partial charge on any atom is -0.466 e. The van der Waals surface area contributed by atoms with Gasteiger partial charge in [0.05, 0.1) is 11.6 Å². The molecule has 0 bridgehead atoms. The highest BCUT2D eigenvalue weighted by Crippen LogP contribution is 2.25. The molecular formula is C17H21ClFNO2. The van der Waals surface area contributed by atoms with Crippen molar-refractivity contribution in [3.05, 3.63) is 40.7 Å². The second-order valence-corrected chi connectivity index (χ2v) is 5.72. The summed E-state index contributed by atoms with van der Waals surface area (Å²) in [5, 5.41) is 0.153. The number of benzene rings is 1.